The van der Waals surface area contributed by atoms with Crippen LogP contribution in [0.25, 0.3) is 0 Å². The Bertz CT molecular complexity index is 613. The summed E-state index contributed by atoms with van der Waals surface area (Å²) in [5.74, 6) is 0.574. The van der Waals surface area contributed by atoms with Gasteiger partial charge < -0.3 is 15.8 Å². The van der Waals surface area contributed by atoms with Crippen LogP contribution in [0.2, 0.25) is 0 Å². The van der Waals surface area contributed by atoms with Crippen molar-refractivity contribution < 1.29 is 9.53 Å². The number of rotatable bonds is 6. The van der Waals surface area contributed by atoms with Gasteiger partial charge >= 0.3 is 0 Å². The number of carbonyl (C=O) groups excluding carboxylic acids is 1. The number of halogens is 1. The van der Waals surface area contributed by atoms with Crippen molar-refractivity contribution in [3.63, 3.8) is 0 Å². The first-order valence-electron chi connectivity index (χ1n) is 7.32. The maximum absolute atomic E-state index is 12.2. The number of carbonyl (C=O) groups is 1. The molecule has 0 saturated heterocycles. The Kier molecular flexibility index (Phi) is 7.07. The zero-order chi connectivity index (χ0) is 16.0. The summed E-state index contributed by atoms with van der Waals surface area (Å²) in [6, 6.07) is 17.1. The fourth-order valence-corrected chi connectivity index (χ4v) is 2.07. The molecule has 23 heavy (non-hydrogen) atoms. The second-order valence-corrected chi connectivity index (χ2v) is 5.49. The molecule has 0 aliphatic rings. The van der Waals surface area contributed by atoms with E-state index >= 15 is 0 Å². The minimum absolute atomic E-state index is 0. The van der Waals surface area contributed by atoms with Gasteiger partial charge in [0.15, 0.2) is 0 Å². The summed E-state index contributed by atoms with van der Waals surface area (Å²) in [5, 5.41) is 2.81. The molecule has 3 N–H and O–H groups in total. The van der Waals surface area contributed by atoms with Crippen LogP contribution in [0.4, 0.5) is 0 Å². The van der Waals surface area contributed by atoms with Crippen molar-refractivity contribution in [2.24, 2.45) is 5.73 Å². The van der Waals surface area contributed by atoms with Crippen molar-refractivity contribution in [3.8, 4) is 5.75 Å². The zero-order valence-electron chi connectivity index (χ0n) is 13.4. The van der Waals surface area contributed by atoms with Crippen molar-refractivity contribution in [2.75, 3.05) is 13.2 Å². The first-order valence-corrected chi connectivity index (χ1v) is 7.32. The molecular formula is C18H23ClN2O2. The van der Waals surface area contributed by atoms with Crippen LogP contribution in [0.3, 0.4) is 0 Å². The molecule has 1 atom stereocenters. The van der Waals surface area contributed by atoms with Gasteiger partial charge in [0.25, 0.3) is 0 Å². The number of nitrogens with two attached hydrogens (primary N) is 1. The molecule has 0 heterocycles. The predicted octanol–water partition coefficient (Wildman–Crippen LogP) is 2.79. The first-order chi connectivity index (χ1) is 10.5. The van der Waals surface area contributed by atoms with Gasteiger partial charge in [0.05, 0.1) is 6.54 Å². The van der Waals surface area contributed by atoms with Gasteiger partial charge in [0.1, 0.15) is 17.9 Å². The van der Waals surface area contributed by atoms with Gasteiger partial charge in [0, 0.05) is 0 Å². The van der Waals surface area contributed by atoms with E-state index in [9.17, 15) is 4.79 Å². The lowest BCUT2D eigenvalue weighted by Crippen LogP contribution is -2.49. The number of aryl methyl sites for hydroxylation is 1. The fraction of sp³-hybridized carbons (Fsp3) is 0.278. The van der Waals surface area contributed by atoms with Crippen LogP contribution in [0.1, 0.15) is 18.1 Å². The second-order valence-electron chi connectivity index (χ2n) is 5.49. The van der Waals surface area contributed by atoms with E-state index in [1.165, 1.54) is 5.56 Å². The SMILES string of the molecule is Cc1ccc(OCCNC(=O)C(C)(N)c2ccccc2)cc1.Cl. The Hall–Kier alpha value is -2.04. The highest BCUT2D eigenvalue weighted by Gasteiger charge is 2.29. The van der Waals surface area contributed by atoms with Gasteiger partial charge in [-0.05, 0) is 31.5 Å². The van der Waals surface area contributed by atoms with E-state index < -0.39 is 5.54 Å². The molecule has 124 valence electrons. The van der Waals surface area contributed by atoms with Crippen LogP contribution in [0.5, 0.6) is 5.75 Å². The molecule has 1 unspecified atom stereocenters. The van der Waals surface area contributed by atoms with E-state index in [4.69, 9.17) is 10.5 Å². The summed E-state index contributed by atoms with van der Waals surface area (Å²) in [4.78, 5) is 12.2. The van der Waals surface area contributed by atoms with Crippen molar-refractivity contribution in [1.82, 2.24) is 5.32 Å². The average Bonchev–Trinajstić information content (AvgIpc) is 2.54. The highest BCUT2D eigenvalue weighted by Crippen LogP contribution is 2.17. The largest absolute Gasteiger partial charge is 0.492 e. The third-order valence-corrected chi connectivity index (χ3v) is 3.52. The highest BCUT2D eigenvalue weighted by molar-refractivity contribution is 5.87. The molecule has 0 radical (unpaired) electrons. The van der Waals surface area contributed by atoms with E-state index in [2.05, 4.69) is 5.32 Å². The topological polar surface area (TPSA) is 64.3 Å². The van der Waals surface area contributed by atoms with E-state index in [0.717, 1.165) is 11.3 Å². The summed E-state index contributed by atoms with van der Waals surface area (Å²) in [6.07, 6.45) is 0. The number of benzene rings is 2. The van der Waals surface area contributed by atoms with Crippen LogP contribution in [0.15, 0.2) is 54.6 Å². The Morgan fingerprint density at radius 1 is 1.13 bits per heavy atom. The molecular weight excluding hydrogens is 312 g/mol. The maximum Gasteiger partial charge on any atom is 0.244 e. The Morgan fingerprint density at radius 2 is 1.74 bits per heavy atom. The standard InChI is InChI=1S/C18H22N2O2.ClH/c1-14-8-10-16(11-9-14)22-13-12-20-17(21)18(2,19)15-6-4-3-5-7-15;/h3-11H,12-13,19H2,1-2H3,(H,20,21);1H. The summed E-state index contributed by atoms with van der Waals surface area (Å²) in [7, 11) is 0. The normalized spacial score (nSPS) is 12.7. The van der Waals surface area contributed by atoms with Crippen molar-refractivity contribution in [2.45, 2.75) is 19.4 Å². The Balaban J connectivity index is 0.00000264. The van der Waals surface area contributed by atoms with Crippen LogP contribution < -0.4 is 15.8 Å². The molecule has 2 rings (SSSR count). The van der Waals surface area contributed by atoms with Crippen molar-refractivity contribution >= 4 is 18.3 Å². The van der Waals surface area contributed by atoms with E-state index in [1.54, 1.807) is 6.92 Å². The number of amides is 1. The van der Waals surface area contributed by atoms with Crippen molar-refractivity contribution in [1.29, 1.82) is 0 Å². The predicted molar refractivity (Wildman–Crippen MR) is 94.9 cm³/mol. The third-order valence-electron chi connectivity index (χ3n) is 3.52. The lowest BCUT2D eigenvalue weighted by molar-refractivity contribution is -0.126. The van der Waals surface area contributed by atoms with Gasteiger partial charge in [-0.25, -0.2) is 0 Å². The van der Waals surface area contributed by atoms with Crippen LogP contribution in [0, 0.1) is 6.92 Å². The van der Waals surface area contributed by atoms with Crippen LogP contribution in [-0.4, -0.2) is 19.1 Å². The second kappa shape index (κ2) is 8.56. The first kappa shape index (κ1) is 19.0. The monoisotopic (exact) mass is 334 g/mol. The minimum atomic E-state index is -1.05. The highest BCUT2D eigenvalue weighted by atomic mass is 35.5. The van der Waals surface area contributed by atoms with E-state index in [1.807, 2.05) is 61.5 Å². The van der Waals surface area contributed by atoms with Gasteiger partial charge in [-0.3, -0.25) is 4.79 Å². The average molecular weight is 335 g/mol. The third kappa shape index (κ3) is 5.27. The number of hydrogen-bond acceptors (Lipinski definition) is 3. The maximum atomic E-state index is 12.2. The van der Waals surface area contributed by atoms with Gasteiger partial charge in [-0.2, -0.15) is 0 Å². The smallest absolute Gasteiger partial charge is 0.244 e. The molecule has 2 aromatic rings. The molecule has 0 aliphatic heterocycles. The van der Waals surface area contributed by atoms with E-state index in [-0.39, 0.29) is 18.3 Å². The molecule has 0 aliphatic carbocycles. The quantitative estimate of drug-likeness (QED) is 0.798. The number of ether oxygens (including phenoxy) is 1. The molecule has 0 aromatic heterocycles. The number of hydrogen-bond donors (Lipinski definition) is 2. The summed E-state index contributed by atoms with van der Waals surface area (Å²) in [6.45, 7) is 4.54. The van der Waals surface area contributed by atoms with E-state index in [0.29, 0.717) is 13.2 Å². The summed E-state index contributed by atoms with van der Waals surface area (Å²) >= 11 is 0. The lowest BCUT2D eigenvalue weighted by Gasteiger charge is -2.24. The molecule has 0 bridgehead atoms. The molecule has 4 nitrogen and oxygen atoms in total. The van der Waals surface area contributed by atoms with Crippen molar-refractivity contribution in [3.05, 3.63) is 65.7 Å². The summed E-state index contributed by atoms with van der Waals surface area (Å²) in [5.41, 5.74) is 7.06. The van der Waals surface area contributed by atoms with Crippen LogP contribution in [-0.2, 0) is 10.3 Å². The molecule has 2 aromatic carbocycles. The fourth-order valence-electron chi connectivity index (χ4n) is 2.07. The van der Waals surface area contributed by atoms with Gasteiger partial charge in [0.2, 0.25) is 5.91 Å². The molecule has 0 spiro atoms. The molecule has 5 heteroatoms. The molecule has 1 amide bonds. The lowest BCUT2D eigenvalue weighted by atomic mass is 9.92. The molecule has 0 saturated carbocycles. The number of nitrogens with one attached hydrogen (secondary N) is 1. The molecule has 0 fully saturated rings. The van der Waals surface area contributed by atoms with Gasteiger partial charge in [-0.1, -0.05) is 48.0 Å². The van der Waals surface area contributed by atoms with Crippen LogP contribution >= 0.6 is 12.4 Å². The zero-order valence-corrected chi connectivity index (χ0v) is 14.2. The summed E-state index contributed by atoms with van der Waals surface area (Å²) < 4.78 is 5.57. The minimum Gasteiger partial charge on any atom is -0.492 e. The van der Waals surface area contributed by atoms with Gasteiger partial charge in [-0.15, -0.1) is 12.4 Å². The Labute approximate surface area is 143 Å². The Morgan fingerprint density at radius 3 is 2.35 bits per heavy atom.